The summed E-state index contributed by atoms with van der Waals surface area (Å²) in [6.45, 7) is 3.89. The Morgan fingerprint density at radius 1 is 1.57 bits per heavy atom. The molecule has 1 aromatic rings. The Kier molecular flexibility index (Phi) is 3.51. The highest BCUT2D eigenvalue weighted by molar-refractivity contribution is 5.92. The summed E-state index contributed by atoms with van der Waals surface area (Å²) in [4.78, 5) is 11.5. The van der Waals surface area contributed by atoms with Crippen LogP contribution in [0.15, 0.2) is 24.3 Å². The Balaban J connectivity index is 2.65. The van der Waals surface area contributed by atoms with Crippen LogP contribution >= 0.6 is 0 Å². The number of rotatable bonds is 3. The van der Waals surface area contributed by atoms with E-state index in [1.807, 2.05) is 26.0 Å². The lowest BCUT2D eigenvalue weighted by atomic mass is 10.1. The van der Waals surface area contributed by atoms with Crippen LogP contribution in [0.3, 0.4) is 0 Å². The lowest BCUT2D eigenvalue weighted by Gasteiger charge is -2.09. The molecule has 0 saturated carbocycles. The van der Waals surface area contributed by atoms with Crippen molar-refractivity contribution >= 4 is 17.3 Å². The minimum absolute atomic E-state index is 0.0384. The molecular formula is C11H16N2O. The third kappa shape index (κ3) is 2.76. The van der Waals surface area contributed by atoms with Gasteiger partial charge < -0.3 is 11.1 Å². The predicted molar refractivity (Wildman–Crippen MR) is 58.9 cm³/mol. The van der Waals surface area contributed by atoms with Crippen LogP contribution in [0.1, 0.15) is 20.3 Å². The van der Waals surface area contributed by atoms with E-state index in [0.717, 1.165) is 12.1 Å². The second-order valence-corrected chi connectivity index (χ2v) is 3.42. The number of hydrogen-bond acceptors (Lipinski definition) is 2. The molecule has 3 nitrogen and oxygen atoms in total. The topological polar surface area (TPSA) is 55.1 Å². The van der Waals surface area contributed by atoms with Crippen molar-refractivity contribution in [3.63, 3.8) is 0 Å². The van der Waals surface area contributed by atoms with E-state index in [0.29, 0.717) is 5.69 Å². The van der Waals surface area contributed by atoms with Crippen LogP contribution in [0.25, 0.3) is 0 Å². The molecule has 0 radical (unpaired) electrons. The number of carbonyl (C=O) groups is 1. The van der Waals surface area contributed by atoms with E-state index in [4.69, 9.17) is 5.73 Å². The summed E-state index contributed by atoms with van der Waals surface area (Å²) in [6, 6.07) is 7.19. The first-order chi connectivity index (χ1) is 6.63. The minimum Gasteiger partial charge on any atom is -0.399 e. The monoisotopic (exact) mass is 192 g/mol. The molecule has 0 unspecified atom stereocenters. The van der Waals surface area contributed by atoms with E-state index in [-0.39, 0.29) is 11.8 Å². The molecular weight excluding hydrogens is 176 g/mol. The lowest BCUT2D eigenvalue weighted by Crippen LogP contribution is -2.19. The van der Waals surface area contributed by atoms with Crippen LogP contribution in [-0.4, -0.2) is 5.91 Å². The molecule has 1 rings (SSSR count). The van der Waals surface area contributed by atoms with Gasteiger partial charge in [0, 0.05) is 17.3 Å². The van der Waals surface area contributed by atoms with Gasteiger partial charge in [-0.05, 0) is 24.6 Å². The third-order valence-corrected chi connectivity index (χ3v) is 2.21. The molecule has 3 N–H and O–H groups in total. The van der Waals surface area contributed by atoms with Crippen molar-refractivity contribution in [1.82, 2.24) is 0 Å². The van der Waals surface area contributed by atoms with Gasteiger partial charge in [0.05, 0.1) is 0 Å². The SMILES string of the molecule is CC[C@H](C)C(=O)Nc1cccc(N)c1. The van der Waals surface area contributed by atoms with Crippen molar-refractivity contribution in [1.29, 1.82) is 0 Å². The molecule has 0 heterocycles. The summed E-state index contributed by atoms with van der Waals surface area (Å²) in [5.74, 6) is 0.0783. The molecule has 1 amide bonds. The van der Waals surface area contributed by atoms with Gasteiger partial charge in [0.1, 0.15) is 0 Å². The highest BCUT2D eigenvalue weighted by Crippen LogP contribution is 2.13. The van der Waals surface area contributed by atoms with Gasteiger partial charge in [-0.2, -0.15) is 0 Å². The fraction of sp³-hybridized carbons (Fsp3) is 0.364. The van der Waals surface area contributed by atoms with E-state index in [2.05, 4.69) is 5.32 Å². The van der Waals surface area contributed by atoms with Gasteiger partial charge in [-0.3, -0.25) is 4.79 Å². The Morgan fingerprint density at radius 3 is 2.86 bits per heavy atom. The van der Waals surface area contributed by atoms with Crippen molar-refractivity contribution < 1.29 is 4.79 Å². The largest absolute Gasteiger partial charge is 0.399 e. The summed E-state index contributed by atoms with van der Waals surface area (Å²) in [5, 5.41) is 2.81. The molecule has 3 heteroatoms. The molecule has 0 saturated heterocycles. The average molecular weight is 192 g/mol. The molecule has 0 spiro atoms. The van der Waals surface area contributed by atoms with Gasteiger partial charge in [0.25, 0.3) is 0 Å². The van der Waals surface area contributed by atoms with Crippen LogP contribution in [0.4, 0.5) is 11.4 Å². The van der Waals surface area contributed by atoms with Crippen molar-refractivity contribution in [2.24, 2.45) is 5.92 Å². The smallest absolute Gasteiger partial charge is 0.227 e. The Bertz CT molecular complexity index is 323. The van der Waals surface area contributed by atoms with E-state index in [1.165, 1.54) is 0 Å². The van der Waals surface area contributed by atoms with Crippen LogP contribution in [0.5, 0.6) is 0 Å². The highest BCUT2D eigenvalue weighted by atomic mass is 16.1. The number of benzene rings is 1. The maximum absolute atomic E-state index is 11.5. The molecule has 0 aliphatic carbocycles. The van der Waals surface area contributed by atoms with Crippen molar-refractivity contribution in [2.75, 3.05) is 11.1 Å². The molecule has 0 fully saturated rings. The first kappa shape index (κ1) is 10.6. The Morgan fingerprint density at radius 2 is 2.29 bits per heavy atom. The number of hydrogen-bond donors (Lipinski definition) is 2. The predicted octanol–water partition coefficient (Wildman–Crippen LogP) is 2.25. The zero-order valence-electron chi connectivity index (χ0n) is 8.58. The van der Waals surface area contributed by atoms with Crippen molar-refractivity contribution in [2.45, 2.75) is 20.3 Å². The second-order valence-electron chi connectivity index (χ2n) is 3.42. The summed E-state index contributed by atoms with van der Waals surface area (Å²) in [7, 11) is 0. The van der Waals surface area contributed by atoms with Crippen LogP contribution in [-0.2, 0) is 4.79 Å². The van der Waals surface area contributed by atoms with Crippen molar-refractivity contribution in [3.05, 3.63) is 24.3 Å². The van der Waals surface area contributed by atoms with Gasteiger partial charge >= 0.3 is 0 Å². The zero-order valence-corrected chi connectivity index (χ0v) is 8.58. The average Bonchev–Trinajstić information content (AvgIpc) is 2.16. The maximum Gasteiger partial charge on any atom is 0.227 e. The highest BCUT2D eigenvalue weighted by Gasteiger charge is 2.09. The zero-order chi connectivity index (χ0) is 10.6. The lowest BCUT2D eigenvalue weighted by molar-refractivity contribution is -0.119. The quantitative estimate of drug-likeness (QED) is 0.722. The fourth-order valence-electron chi connectivity index (χ4n) is 1.07. The third-order valence-electron chi connectivity index (χ3n) is 2.21. The number of nitrogens with one attached hydrogen (secondary N) is 1. The normalized spacial score (nSPS) is 12.1. The number of anilines is 2. The first-order valence-electron chi connectivity index (χ1n) is 4.80. The van der Waals surface area contributed by atoms with E-state index in [9.17, 15) is 4.79 Å². The summed E-state index contributed by atoms with van der Waals surface area (Å²) < 4.78 is 0. The molecule has 1 aromatic carbocycles. The van der Waals surface area contributed by atoms with Crippen LogP contribution in [0.2, 0.25) is 0 Å². The second kappa shape index (κ2) is 4.65. The Labute approximate surface area is 84.3 Å². The molecule has 14 heavy (non-hydrogen) atoms. The van der Waals surface area contributed by atoms with Gasteiger partial charge in [0.15, 0.2) is 0 Å². The number of nitrogens with two attached hydrogens (primary N) is 1. The Hall–Kier alpha value is -1.51. The van der Waals surface area contributed by atoms with Crippen LogP contribution in [0, 0.1) is 5.92 Å². The fourth-order valence-corrected chi connectivity index (χ4v) is 1.07. The standard InChI is InChI=1S/C11H16N2O/c1-3-8(2)11(14)13-10-6-4-5-9(12)7-10/h4-8H,3,12H2,1-2H3,(H,13,14)/t8-/m0/s1. The molecule has 0 aliphatic heterocycles. The number of carbonyl (C=O) groups excluding carboxylic acids is 1. The summed E-state index contributed by atoms with van der Waals surface area (Å²) >= 11 is 0. The van der Waals surface area contributed by atoms with E-state index < -0.39 is 0 Å². The number of amides is 1. The molecule has 0 aromatic heterocycles. The van der Waals surface area contributed by atoms with Gasteiger partial charge in [-0.15, -0.1) is 0 Å². The first-order valence-corrected chi connectivity index (χ1v) is 4.80. The molecule has 76 valence electrons. The van der Waals surface area contributed by atoms with Crippen molar-refractivity contribution in [3.8, 4) is 0 Å². The molecule has 0 bridgehead atoms. The van der Waals surface area contributed by atoms with Gasteiger partial charge in [0.2, 0.25) is 5.91 Å². The summed E-state index contributed by atoms with van der Waals surface area (Å²) in [6.07, 6.45) is 0.841. The summed E-state index contributed by atoms with van der Waals surface area (Å²) in [5.41, 5.74) is 7.01. The number of nitrogen functional groups attached to an aromatic ring is 1. The van der Waals surface area contributed by atoms with E-state index >= 15 is 0 Å². The van der Waals surface area contributed by atoms with Gasteiger partial charge in [-0.1, -0.05) is 19.9 Å². The molecule has 0 aliphatic rings. The van der Waals surface area contributed by atoms with Crippen LogP contribution < -0.4 is 11.1 Å². The van der Waals surface area contributed by atoms with Gasteiger partial charge in [-0.25, -0.2) is 0 Å². The maximum atomic E-state index is 11.5. The molecule has 1 atom stereocenters. The minimum atomic E-state index is 0.0384. The van der Waals surface area contributed by atoms with E-state index in [1.54, 1.807) is 12.1 Å².